The predicted molar refractivity (Wildman–Crippen MR) is 99.2 cm³/mol. The number of aromatic nitrogens is 3. The van der Waals surface area contributed by atoms with E-state index < -0.39 is 0 Å². The van der Waals surface area contributed by atoms with Gasteiger partial charge in [0, 0.05) is 35.6 Å². The maximum absolute atomic E-state index is 6.22. The second kappa shape index (κ2) is 7.47. The lowest BCUT2D eigenvalue weighted by Gasteiger charge is -2.11. The van der Waals surface area contributed by atoms with Crippen molar-refractivity contribution in [2.75, 3.05) is 17.2 Å². The fourth-order valence-corrected chi connectivity index (χ4v) is 2.60. The second-order valence-corrected chi connectivity index (χ2v) is 5.83. The number of hydrogen-bond acceptors (Lipinski definition) is 5. The lowest BCUT2D eigenvalue weighted by atomic mass is 10.2. The van der Waals surface area contributed by atoms with Crippen LogP contribution in [0.3, 0.4) is 0 Å². The lowest BCUT2D eigenvalue weighted by Crippen LogP contribution is -2.05. The summed E-state index contributed by atoms with van der Waals surface area (Å²) in [6, 6.07) is 10.9. The van der Waals surface area contributed by atoms with Gasteiger partial charge in [-0.25, -0.2) is 4.98 Å². The fourth-order valence-electron chi connectivity index (χ4n) is 2.14. The van der Waals surface area contributed by atoms with Crippen molar-refractivity contribution in [3.8, 4) is 11.3 Å². The summed E-state index contributed by atoms with van der Waals surface area (Å²) in [4.78, 5) is 13.1. The normalized spacial score (nSPS) is 10.5. The van der Waals surface area contributed by atoms with Crippen LogP contribution < -0.4 is 10.6 Å². The van der Waals surface area contributed by atoms with Gasteiger partial charge in [-0.05, 0) is 37.3 Å². The summed E-state index contributed by atoms with van der Waals surface area (Å²) in [5.41, 5.74) is 2.39. The van der Waals surface area contributed by atoms with Crippen molar-refractivity contribution < 1.29 is 0 Å². The van der Waals surface area contributed by atoms with Crippen LogP contribution in [-0.4, -0.2) is 21.5 Å². The van der Waals surface area contributed by atoms with Crippen molar-refractivity contribution in [1.82, 2.24) is 15.0 Å². The molecule has 2 N–H and O–H groups in total. The Morgan fingerprint density at radius 1 is 1.08 bits per heavy atom. The molecule has 0 aliphatic heterocycles. The maximum atomic E-state index is 6.22. The van der Waals surface area contributed by atoms with E-state index in [0.29, 0.717) is 21.8 Å². The highest BCUT2D eigenvalue weighted by molar-refractivity contribution is 6.36. The van der Waals surface area contributed by atoms with Gasteiger partial charge in [0.25, 0.3) is 0 Å². The van der Waals surface area contributed by atoms with Crippen LogP contribution >= 0.6 is 23.2 Å². The summed E-state index contributed by atoms with van der Waals surface area (Å²) in [6.45, 7) is 2.71. The summed E-state index contributed by atoms with van der Waals surface area (Å²) in [5, 5.41) is 7.44. The summed E-state index contributed by atoms with van der Waals surface area (Å²) in [6.07, 6.45) is 3.49. The first-order valence-corrected chi connectivity index (χ1v) is 8.16. The summed E-state index contributed by atoms with van der Waals surface area (Å²) in [7, 11) is 0. The van der Waals surface area contributed by atoms with Crippen molar-refractivity contribution in [1.29, 1.82) is 0 Å². The third kappa shape index (κ3) is 3.93. The van der Waals surface area contributed by atoms with Crippen LogP contribution in [0.5, 0.6) is 0 Å². The highest BCUT2D eigenvalue weighted by Crippen LogP contribution is 2.29. The van der Waals surface area contributed by atoms with Crippen LogP contribution in [-0.2, 0) is 0 Å². The van der Waals surface area contributed by atoms with Gasteiger partial charge in [0.2, 0.25) is 5.95 Å². The van der Waals surface area contributed by atoms with Gasteiger partial charge in [-0.1, -0.05) is 23.2 Å². The van der Waals surface area contributed by atoms with Crippen LogP contribution in [0.4, 0.5) is 17.5 Å². The summed E-state index contributed by atoms with van der Waals surface area (Å²) in [5.74, 6) is 1.16. The third-order valence-corrected chi connectivity index (χ3v) is 3.76. The van der Waals surface area contributed by atoms with E-state index in [9.17, 15) is 0 Å². The van der Waals surface area contributed by atoms with Crippen molar-refractivity contribution >= 4 is 40.7 Å². The van der Waals surface area contributed by atoms with Crippen molar-refractivity contribution in [2.24, 2.45) is 0 Å². The molecule has 122 valence electrons. The molecule has 3 rings (SSSR count). The number of halogens is 2. The number of pyridine rings is 1. The van der Waals surface area contributed by atoms with Gasteiger partial charge < -0.3 is 10.6 Å². The number of nitrogens with zero attached hydrogens (tertiary/aromatic N) is 3. The lowest BCUT2D eigenvalue weighted by molar-refractivity contribution is 1.09. The van der Waals surface area contributed by atoms with Crippen molar-refractivity contribution in [2.45, 2.75) is 6.92 Å². The topological polar surface area (TPSA) is 62.7 Å². The molecule has 3 aromatic rings. The van der Waals surface area contributed by atoms with Gasteiger partial charge in [-0.3, -0.25) is 4.98 Å². The van der Waals surface area contributed by atoms with Crippen LogP contribution in [0.1, 0.15) is 6.92 Å². The molecule has 0 bridgehead atoms. The Balaban J connectivity index is 1.99. The minimum atomic E-state index is 0.522. The first-order chi connectivity index (χ1) is 11.7. The van der Waals surface area contributed by atoms with Crippen LogP contribution in [0, 0.1) is 0 Å². The van der Waals surface area contributed by atoms with Crippen LogP contribution in [0.15, 0.2) is 48.8 Å². The average Bonchev–Trinajstić information content (AvgIpc) is 2.58. The smallest absolute Gasteiger partial charge is 0.225 e. The quantitative estimate of drug-likeness (QED) is 0.669. The molecule has 0 atom stereocenters. The zero-order valence-corrected chi connectivity index (χ0v) is 14.4. The molecule has 1 aromatic carbocycles. The monoisotopic (exact) mass is 359 g/mol. The minimum absolute atomic E-state index is 0.522. The van der Waals surface area contributed by atoms with Gasteiger partial charge in [0.1, 0.15) is 5.82 Å². The zero-order valence-electron chi connectivity index (χ0n) is 12.9. The molecule has 2 aromatic heterocycles. The fraction of sp³-hybridized carbons (Fsp3) is 0.118. The predicted octanol–water partition coefficient (Wildman–Crippen LogP) is 5.02. The number of anilines is 3. The largest absolute Gasteiger partial charge is 0.354 e. The van der Waals surface area contributed by atoms with Gasteiger partial charge in [-0.15, -0.1) is 0 Å². The van der Waals surface area contributed by atoms with Gasteiger partial charge in [0.15, 0.2) is 0 Å². The van der Waals surface area contributed by atoms with Gasteiger partial charge in [-0.2, -0.15) is 4.98 Å². The van der Waals surface area contributed by atoms with Crippen molar-refractivity contribution in [3.63, 3.8) is 0 Å². The molecule has 0 aliphatic carbocycles. The van der Waals surface area contributed by atoms with Gasteiger partial charge >= 0.3 is 0 Å². The molecule has 2 heterocycles. The van der Waals surface area contributed by atoms with E-state index in [2.05, 4.69) is 25.6 Å². The first kappa shape index (κ1) is 16.5. The molecule has 0 spiro atoms. The van der Waals surface area contributed by atoms with E-state index in [-0.39, 0.29) is 0 Å². The summed E-state index contributed by atoms with van der Waals surface area (Å²) < 4.78 is 0. The average molecular weight is 360 g/mol. The maximum Gasteiger partial charge on any atom is 0.225 e. The Bertz CT molecular complexity index is 840. The minimum Gasteiger partial charge on any atom is -0.354 e. The number of hydrogen-bond donors (Lipinski definition) is 2. The second-order valence-electron chi connectivity index (χ2n) is 4.98. The molecule has 0 radical (unpaired) electrons. The highest BCUT2D eigenvalue weighted by atomic mass is 35.5. The molecule has 0 unspecified atom stereocenters. The Labute approximate surface area is 150 Å². The first-order valence-electron chi connectivity index (χ1n) is 7.41. The molecular weight excluding hydrogens is 345 g/mol. The molecule has 0 fully saturated rings. The molecule has 24 heavy (non-hydrogen) atoms. The van der Waals surface area contributed by atoms with Gasteiger partial charge in [0.05, 0.1) is 16.4 Å². The third-order valence-electron chi connectivity index (χ3n) is 3.21. The molecule has 0 saturated heterocycles. The highest BCUT2D eigenvalue weighted by Gasteiger charge is 2.09. The number of nitrogens with one attached hydrogen (secondary N) is 2. The van der Waals surface area contributed by atoms with E-state index in [4.69, 9.17) is 23.2 Å². The van der Waals surface area contributed by atoms with Crippen molar-refractivity contribution in [3.05, 3.63) is 58.8 Å². The standard InChI is InChI=1S/C17H15Cl2N5/c1-2-21-17-23-15(11-4-3-7-20-10-11)9-16(24-17)22-14-6-5-12(18)8-13(14)19/h3-10H,2H2,1H3,(H2,21,22,23,24). The number of benzene rings is 1. The van der Waals surface area contributed by atoms with E-state index >= 15 is 0 Å². The summed E-state index contributed by atoms with van der Waals surface area (Å²) >= 11 is 12.2. The molecule has 0 saturated carbocycles. The molecular formula is C17H15Cl2N5. The Kier molecular flexibility index (Phi) is 5.13. The van der Waals surface area contributed by atoms with E-state index in [1.807, 2.05) is 31.2 Å². The SMILES string of the molecule is CCNc1nc(Nc2ccc(Cl)cc2Cl)cc(-c2cccnc2)n1. The molecule has 0 amide bonds. The van der Waals surface area contributed by atoms with E-state index in [0.717, 1.165) is 23.5 Å². The Morgan fingerprint density at radius 3 is 2.67 bits per heavy atom. The van der Waals surface area contributed by atoms with Crippen LogP contribution in [0.2, 0.25) is 10.0 Å². The van der Waals surface area contributed by atoms with E-state index in [1.165, 1.54) is 0 Å². The Morgan fingerprint density at radius 2 is 1.96 bits per heavy atom. The van der Waals surface area contributed by atoms with E-state index in [1.54, 1.807) is 24.5 Å². The molecule has 5 nitrogen and oxygen atoms in total. The molecule has 0 aliphatic rings. The zero-order chi connectivity index (χ0) is 16.9. The number of rotatable bonds is 5. The van der Waals surface area contributed by atoms with Crippen LogP contribution in [0.25, 0.3) is 11.3 Å². The Hall–Kier alpha value is -2.37. The molecule has 7 heteroatoms.